The summed E-state index contributed by atoms with van der Waals surface area (Å²) in [5.41, 5.74) is 6.03. The first-order valence-electron chi connectivity index (χ1n) is 5.23. The summed E-state index contributed by atoms with van der Waals surface area (Å²) in [7, 11) is -1.87. The second kappa shape index (κ2) is 6.71. The summed E-state index contributed by atoms with van der Waals surface area (Å²) in [5, 5.41) is 0. The molecular formula is C9H19NO2S2. The van der Waals surface area contributed by atoms with Crippen molar-refractivity contribution in [1.29, 1.82) is 0 Å². The number of thiol groups is 1. The Hall–Kier alpha value is 0.290. The second-order valence-electron chi connectivity index (χ2n) is 3.91. The van der Waals surface area contributed by atoms with Gasteiger partial charge in [0.15, 0.2) is 0 Å². The van der Waals surface area contributed by atoms with E-state index >= 15 is 0 Å². The third kappa shape index (κ3) is 4.68. The number of rotatable bonds is 5. The Balaban J connectivity index is 2.16. The van der Waals surface area contributed by atoms with E-state index < -0.39 is 9.64 Å². The molecule has 3 nitrogen and oxygen atoms in total. The fraction of sp³-hybridized carbons (Fsp3) is 1.00. The van der Waals surface area contributed by atoms with Crippen LogP contribution in [0.5, 0.6) is 0 Å². The zero-order valence-corrected chi connectivity index (χ0v) is 10.1. The molecule has 1 fully saturated rings. The Kier molecular flexibility index (Phi) is 5.93. The van der Waals surface area contributed by atoms with Gasteiger partial charge in [0.25, 0.3) is 0 Å². The first kappa shape index (κ1) is 12.4. The van der Waals surface area contributed by atoms with E-state index in [-0.39, 0.29) is 6.04 Å². The highest BCUT2D eigenvalue weighted by Crippen LogP contribution is 2.26. The lowest BCUT2D eigenvalue weighted by Crippen LogP contribution is -2.32. The van der Waals surface area contributed by atoms with Crippen LogP contribution >= 0.6 is 0 Å². The molecule has 0 radical (unpaired) electrons. The van der Waals surface area contributed by atoms with Crippen LogP contribution in [-0.4, -0.2) is 16.9 Å². The molecule has 0 heterocycles. The summed E-state index contributed by atoms with van der Waals surface area (Å²) < 4.78 is 15.3. The van der Waals surface area contributed by atoms with Gasteiger partial charge in [-0.25, -0.2) is 4.21 Å². The van der Waals surface area contributed by atoms with Gasteiger partial charge < -0.3 is 5.73 Å². The van der Waals surface area contributed by atoms with Crippen molar-refractivity contribution in [2.24, 2.45) is 11.7 Å². The molecule has 5 heteroatoms. The minimum absolute atomic E-state index is 0.195. The van der Waals surface area contributed by atoms with Gasteiger partial charge in [-0.15, -0.1) is 0 Å². The molecule has 0 bridgehead atoms. The average molecular weight is 237 g/mol. The maximum Gasteiger partial charge on any atom is 0.133 e. The first-order chi connectivity index (χ1) is 6.70. The molecule has 2 unspecified atom stereocenters. The molecule has 1 aliphatic rings. The average Bonchev–Trinajstić information content (AvgIpc) is 2.18. The van der Waals surface area contributed by atoms with Crippen molar-refractivity contribution in [2.75, 3.05) is 6.61 Å². The molecule has 2 atom stereocenters. The van der Waals surface area contributed by atoms with Crippen LogP contribution in [0.3, 0.4) is 0 Å². The second-order valence-corrected chi connectivity index (χ2v) is 5.51. The van der Waals surface area contributed by atoms with Gasteiger partial charge in [-0.1, -0.05) is 19.3 Å². The van der Waals surface area contributed by atoms with Gasteiger partial charge in [-0.2, -0.15) is 0 Å². The topological polar surface area (TPSA) is 52.3 Å². The van der Waals surface area contributed by atoms with Crippen molar-refractivity contribution in [3.63, 3.8) is 0 Å². The maximum atomic E-state index is 10.5. The molecule has 0 aromatic rings. The van der Waals surface area contributed by atoms with E-state index in [0.29, 0.717) is 12.5 Å². The molecule has 0 aromatic heterocycles. The SMILES string of the molecule is NC(CCO[SH](=O)=S)C1CCCCC1. The van der Waals surface area contributed by atoms with Gasteiger partial charge in [-0.05, 0) is 25.2 Å². The molecule has 1 rings (SSSR count). The third-order valence-corrected chi connectivity index (χ3v) is 3.61. The zero-order valence-electron chi connectivity index (χ0n) is 8.35. The van der Waals surface area contributed by atoms with Crippen molar-refractivity contribution in [3.05, 3.63) is 0 Å². The molecule has 0 aromatic carbocycles. The monoisotopic (exact) mass is 237 g/mol. The van der Waals surface area contributed by atoms with Crippen LogP contribution in [-0.2, 0) is 25.0 Å². The highest BCUT2D eigenvalue weighted by Gasteiger charge is 2.19. The summed E-state index contributed by atoms with van der Waals surface area (Å²) in [4.78, 5) is 0. The molecule has 1 saturated carbocycles. The molecular weight excluding hydrogens is 218 g/mol. The summed E-state index contributed by atoms with van der Waals surface area (Å²) in [5.74, 6) is 0.635. The Morgan fingerprint density at radius 1 is 1.43 bits per heavy atom. The lowest BCUT2D eigenvalue weighted by Gasteiger charge is -2.27. The molecule has 0 amide bonds. The minimum Gasteiger partial charge on any atom is -0.327 e. The minimum atomic E-state index is -1.87. The lowest BCUT2D eigenvalue weighted by molar-refractivity contribution is 0.257. The lowest BCUT2D eigenvalue weighted by atomic mass is 9.83. The summed E-state index contributed by atoms with van der Waals surface area (Å²) in [6, 6.07) is 0.195. The molecule has 14 heavy (non-hydrogen) atoms. The van der Waals surface area contributed by atoms with E-state index in [1.54, 1.807) is 0 Å². The van der Waals surface area contributed by atoms with E-state index in [2.05, 4.69) is 11.2 Å². The van der Waals surface area contributed by atoms with Crippen LogP contribution in [0.4, 0.5) is 0 Å². The van der Waals surface area contributed by atoms with E-state index in [1.165, 1.54) is 32.1 Å². The molecule has 0 spiro atoms. The van der Waals surface area contributed by atoms with E-state index in [9.17, 15) is 4.21 Å². The van der Waals surface area contributed by atoms with Crippen molar-refractivity contribution in [3.8, 4) is 0 Å². The fourth-order valence-corrected chi connectivity index (χ4v) is 2.54. The van der Waals surface area contributed by atoms with E-state index in [1.807, 2.05) is 0 Å². The van der Waals surface area contributed by atoms with Crippen LogP contribution in [0.2, 0.25) is 0 Å². The molecule has 0 aliphatic heterocycles. The number of nitrogens with two attached hydrogens (primary N) is 1. The Morgan fingerprint density at radius 2 is 2.07 bits per heavy atom. The predicted octanol–water partition coefficient (Wildman–Crippen LogP) is 1.16. The fourth-order valence-electron chi connectivity index (χ4n) is 2.06. The van der Waals surface area contributed by atoms with E-state index in [4.69, 9.17) is 9.92 Å². The van der Waals surface area contributed by atoms with Crippen LogP contribution in [0, 0.1) is 5.92 Å². The number of hydrogen-bond donors (Lipinski definition) is 2. The van der Waals surface area contributed by atoms with Gasteiger partial charge in [0.2, 0.25) is 0 Å². The maximum absolute atomic E-state index is 10.5. The third-order valence-electron chi connectivity index (χ3n) is 2.90. The van der Waals surface area contributed by atoms with Gasteiger partial charge in [0.05, 0.1) is 6.61 Å². The van der Waals surface area contributed by atoms with Crippen molar-refractivity contribution < 1.29 is 8.39 Å². The summed E-state index contributed by atoms with van der Waals surface area (Å²) in [6.45, 7) is 0.441. The summed E-state index contributed by atoms with van der Waals surface area (Å²) in [6.07, 6.45) is 7.20. The van der Waals surface area contributed by atoms with Gasteiger partial charge >= 0.3 is 0 Å². The molecule has 84 valence electrons. The van der Waals surface area contributed by atoms with Crippen molar-refractivity contribution in [2.45, 2.75) is 44.6 Å². The summed E-state index contributed by atoms with van der Waals surface area (Å²) >= 11 is 4.43. The van der Waals surface area contributed by atoms with Crippen molar-refractivity contribution >= 4 is 20.8 Å². The van der Waals surface area contributed by atoms with E-state index in [0.717, 1.165) is 6.42 Å². The zero-order chi connectivity index (χ0) is 10.4. The molecule has 2 N–H and O–H groups in total. The van der Waals surface area contributed by atoms with Crippen LogP contribution in [0.15, 0.2) is 0 Å². The Labute approximate surface area is 92.3 Å². The molecule has 1 aliphatic carbocycles. The van der Waals surface area contributed by atoms with Crippen LogP contribution in [0.1, 0.15) is 38.5 Å². The van der Waals surface area contributed by atoms with Gasteiger partial charge in [0.1, 0.15) is 9.64 Å². The van der Waals surface area contributed by atoms with Gasteiger partial charge in [-0.3, -0.25) is 4.18 Å². The Morgan fingerprint density at radius 3 is 2.64 bits per heavy atom. The Bertz CT molecular complexity index is 217. The van der Waals surface area contributed by atoms with Gasteiger partial charge in [0, 0.05) is 17.2 Å². The highest BCUT2D eigenvalue weighted by atomic mass is 32.8. The molecule has 0 saturated heterocycles. The quantitative estimate of drug-likeness (QED) is 0.705. The first-order valence-corrected chi connectivity index (χ1v) is 7.42. The normalized spacial score (nSPS) is 23.2. The van der Waals surface area contributed by atoms with Crippen LogP contribution < -0.4 is 5.73 Å². The van der Waals surface area contributed by atoms with Crippen LogP contribution in [0.25, 0.3) is 0 Å². The van der Waals surface area contributed by atoms with Crippen molar-refractivity contribution in [1.82, 2.24) is 0 Å². The predicted molar refractivity (Wildman–Crippen MR) is 62.0 cm³/mol. The smallest absolute Gasteiger partial charge is 0.133 e. The number of hydrogen-bond acceptors (Lipinski definition) is 4. The highest BCUT2D eigenvalue weighted by molar-refractivity contribution is 8.19. The standard InChI is InChI=1S/C9H19NO2S2/c10-9(6-7-12-14(11)13)8-4-2-1-3-5-8/h8-9,14H,1-7,10H2. The largest absolute Gasteiger partial charge is 0.327 e.